The van der Waals surface area contributed by atoms with Crippen molar-refractivity contribution in [2.24, 2.45) is 0 Å². The summed E-state index contributed by atoms with van der Waals surface area (Å²) in [4.78, 5) is 4.16. The van der Waals surface area contributed by atoms with Crippen LogP contribution in [-0.2, 0) is 5.60 Å². The summed E-state index contributed by atoms with van der Waals surface area (Å²) in [5, 5.41) is 10.3. The average Bonchev–Trinajstić information content (AvgIpc) is 2.39. The maximum absolute atomic E-state index is 10.3. The molecule has 0 saturated heterocycles. The van der Waals surface area contributed by atoms with Gasteiger partial charge in [-0.2, -0.15) is 0 Å². The second kappa shape index (κ2) is 4.93. The standard InChI is InChI=1S/C15H15NO/c1-15(17,14-9-5-6-12-16-14)11-10-13-7-3-2-4-8-13/h2-12,17H,1H3/b11-10+. The molecule has 0 fully saturated rings. The van der Waals surface area contributed by atoms with Crippen LogP contribution in [0.25, 0.3) is 6.08 Å². The van der Waals surface area contributed by atoms with Gasteiger partial charge in [0.15, 0.2) is 0 Å². The highest BCUT2D eigenvalue weighted by atomic mass is 16.3. The first kappa shape index (κ1) is 11.6. The van der Waals surface area contributed by atoms with Gasteiger partial charge in [0.1, 0.15) is 5.60 Å². The van der Waals surface area contributed by atoms with Crippen LogP contribution in [0, 0.1) is 0 Å². The summed E-state index contributed by atoms with van der Waals surface area (Å²) in [6.07, 6.45) is 5.33. The fourth-order valence-electron chi connectivity index (χ4n) is 1.57. The first-order valence-corrected chi connectivity index (χ1v) is 5.57. The maximum atomic E-state index is 10.3. The summed E-state index contributed by atoms with van der Waals surface area (Å²) >= 11 is 0. The van der Waals surface area contributed by atoms with Crippen LogP contribution >= 0.6 is 0 Å². The first-order chi connectivity index (χ1) is 8.18. The minimum absolute atomic E-state index is 0.646. The summed E-state index contributed by atoms with van der Waals surface area (Å²) < 4.78 is 0. The van der Waals surface area contributed by atoms with Crippen molar-refractivity contribution in [1.29, 1.82) is 0 Å². The lowest BCUT2D eigenvalue weighted by Crippen LogP contribution is -2.19. The molecule has 2 rings (SSSR count). The second-order valence-corrected chi connectivity index (χ2v) is 4.11. The number of benzene rings is 1. The molecule has 0 amide bonds. The Bertz CT molecular complexity index is 489. The summed E-state index contributed by atoms with van der Waals surface area (Å²) in [7, 11) is 0. The van der Waals surface area contributed by atoms with Crippen molar-refractivity contribution in [3.8, 4) is 0 Å². The number of aromatic nitrogens is 1. The molecular formula is C15H15NO. The van der Waals surface area contributed by atoms with Gasteiger partial charge in [-0.1, -0.05) is 42.5 Å². The third kappa shape index (κ3) is 3.02. The van der Waals surface area contributed by atoms with Crippen molar-refractivity contribution < 1.29 is 5.11 Å². The number of rotatable bonds is 3. The molecule has 1 N–H and O–H groups in total. The van der Waals surface area contributed by atoms with E-state index < -0.39 is 5.60 Å². The molecule has 1 heterocycles. The van der Waals surface area contributed by atoms with Gasteiger partial charge in [-0.3, -0.25) is 4.98 Å². The lowest BCUT2D eigenvalue weighted by Gasteiger charge is -2.17. The number of nitrogens with zero attached hydrogens (tertiary/aromatic N) is 1. The fraction of sp³-hybridized carbons (Fsp3) is 0.133. The molecule has 0 aliphatic heterocycles. The molecule has 1 aromatic carbocycles. The highest BCUT2D eigenvalue weighted by molar-refractivity contribution is 5.50. The Labute approximate surface area is 101 Å². The molecule has 0 spiro atoms. The quantitative estimate of drug-likeness (QED) is 0.871. The highest BCUT2D eigenvalue weighted by Gasteiger charge is 2.20. The number of aliphatic hydroxyl groups is 1. The van der Waals surface area contributed by atoms with E-state index in [1.165, 1.54) is 0 Å². The van der Waals surface area contributed by atoms with Crippen molar-refractivity contribution in [2.45, 2.75) is 12.5 Å². The minimum atomic E-state index is -1.04. The van der Waals surface area contributed by atoms with Crippen molar-refractivity contribution in [3.63, 3.8) is 0 Å². The smallest absolute Gasteiger partial charge is 0.122 e. The fourth-order valence-corrected chi connectivity index (χ4v) is 1.57. The van der Waals surface area contributed by atoms with Crippen LogP contribution in [-0.4, -0.2) is 10.1 Å². The second-order valence-electron chi connectivity index (χ2n) is 4.11. The predicted molar refractivity (Wildman–Crippen MR) is 69.3 cm³/mol. The molecular weight excluding hydrogens is 210 g/mol. The molecule has 86 valence electrons. The number of hydrogen-bond acceptors (Lipinski definition) is 2. The number of hydrogen-bond donors (Lipinski definition) is 1. The Hall–Kier alpha value is -1.93. The molecule has 1 atom stereocenters. The topological polar surface area (TPSA) is 33.1 Å². The monoisotopic (exact) mass is 225 g/mol. The van der Waals surface area contributed by atoms with Crippen LogP contribution in [0.4, 0.5) is 0 Å². The zero-order chi connectivity index (χ0) is 12.1. The van der Waals surface area contributed by atoms with Gasteiger partial charge < -0.3 is 5.11 Å². The van der Waals surface area contributed by atoms with Gasteiger partial charge in [0.05, 0.1) is 5.69 Å². The van der Waals surface area contributed by atoms with E-state index in [0.29, 0.717) is 5.69 Å². The van der Waals surface area contributed by atoms with Crippen LogP contribution in [0.3, 0.4) is 0 Å². The van der Waals surface area contributed by atoms with Gasteiger partial charge in [0.25, 0.3) is 0 Å². The van der Waals surface area contributed by atoms with E-state index in [9.17, 15) is 5.11 Å². The van der Waals surface area contributed by atoms with E-state index in [0.717, 1.165) is 5.56 Å². The minimum Gasteiger partial charge on any atom is -0.380 e. The van der Waals surface area contributed by atoms with Crippen LogP contribution in [0.1, 0.15) is 18.2 Å². The Morgan fingerprint density at radius 3 is 2.41 bits per heavy atom. The van der Waals surface area contributed by atoms with Crippen molar-refractivity contribution >= 4 is 6.08 Å². The van der Waals surface area contributed by atoms with Crippen LogP contribution in [0.2, 0.25) is 0 Å². The van der Waals surface area contributed by atoms with Gasteiger partial charge in [-0.05, 0) is 30.7 Å². The van der Waals surface area contributed by atoms with Crippen molar-refractivity contribution in [3.05, 3.63) is 72.1 Å². The van der Waals surface area contributed by atoms with Crippen LogP contribution < -0.4 is 0 Å². The molecule has 0 bridgehead atoms. The van der Waals surface area contributed by atoms with Crippen molar-refractivity contribution in [2.75, 3.05) is 0 Å². The molecule has 0 saturated carbocycles. The zero-order valence-electron chi connectivity index (χ0n) is 9.75. The Kier molecular flexibility index (Phi) is 3.35. The Morgan fingerprint density at radius 2 is 1.76 bits per heavy atom. The third-order valence-electron chi connectivity index (χ3n) is 2.58. The van der Waals surface area contributed by atoms with E-state index in [2.05, 4.69) is 4.98 Å². The first-order valence-electron chi connectivity index (χ1n) is 5.57. The van der Waals surface area contributed by atoms with Gasteiger partial charge >= 0.3 is 0 Å². The molecule has 2 aromatic rings. The number of pyridine rings is 1. The van der Waals surface area contributed by atoms with E-state index in [1.54, 1.807) is 19.2 Å². The summed E-state index contributed by atoms with van der Waals surface area (Å²) in [5.74, 6) is 0. The molecule has 0 aliphatic carbocycles. The van der Waals surface area contributed by atoms with E-state index in [4.69, 9.17) is 0 Å². The molecule has 0 aliphatic rings. The Morgan fingerprint density at radius 1 is 1.06 bits per heavy atom. The van der Waals surface area contributed by atoms with Gasteiger partial charge in [0, 0.05) is 6.20 Å². The lowest BCUT2D eigenvalue weighted by molar-refractivity contribution is 0.107. The van der Waals surface area contributed by atoms with Crippen molar-refractivity contribution in [1.82, 2.24) is 4.98 Å². The Balaban J connectivity index is 2.21. The predicted octanol–water partition coefficient (Wildman–Crippen LogP) is 3.00. The molecule has 0 radical (unpaired) electrons. The zero-order valence-corrected chi connectivity index (χ0v) is 9.75. The molecule has 1 aromatic heterocycles. The van der Waals surface area contributed by atoms with Crippen LogP contribution in [0.5, 0.6) is 0 Å². The van der Waals surface area contributed by atoms with Gasteiger partial charge in [-0.15, -0.1) is 0 Å². The van der Waals surface area contributed by atoms with Crippen LogP contribution in [0.15, 0.2) is 60.8 Å². The molecule has 2 nitrogen and oxygen atoms in total. The molecule has 2 heteroatoms. The van der Waals surface area contributed by atoms with E-state index >= 15 is 0 Å². The van der Waals surface area contributed by atoms with E-state index in [1.807, 2.05) is 54.6 Å². The van der Waals surface area contributed by atoms with E-state index in [-0.39, 0.29) is 0 Å². The summed E-state index contributed by atoms with van der Waals surface area (Å²) in [5.41, 5.74) is 0.660. The SMILES string of the molecule is CC(O)(/C=C/c1ccccc1)c1ccccn1. The highest BCUT2D eigenvalue weighted by Crippen LogP contribution is 2.20. The third-order valence-corrected chi connectivity index (χ3v) is 2.58. The molecule has 17 heavy (non-hydrogen) atoms. The molecule has 1 unspecified atom stereocenters. The average molecular weight is 225 g/mol. The summed E-state index contributed by atoms with van der Waals surface area (Å²) in [6, 6.07) is 15.4. The lowest BCUT2D eigenvalue weighted by atomic mass is 10.00. The maximum Gasteiger partial charge on any atom is 0.122 e. The van der Waals surface area contributed by atoms with Gasteiger partial charge in [0.2, 0.25) is 0 Å². The van der Waals surface area contributed by atoms with Gasteiger partial charge in [-0.25, -0.2) is 0 Å². The summed E-state index contributed by atoms with van der Waals surface area (Å²) in [6.45, 7) is 1.73. The normalized spacial score (nSPS) is 14.7. The largest absolute Gasteiger partial charge is 0.380 e.